The first-order valence-electron chi connectivity index (χ1n) is 6.71. The molecule has 2 fully saturated rings. The number of aliphatic hydroxyl groups is 1. The molecule has 2 atom stereocenters. The van der Waals surface area contributed by atoms with Gasteiger partial charge in [-0.1, -0.05) is 12.1 Å². The maximum absolute atomic E-state index is 12.3. The third-order valence-electron chi connectivity index (χ3n) is 4.26. The molecule has 0 saturated carbocycles. The standard InChI is InChI=1S/C14H16F3NO2/c15-14(16,17)20-11-4-1-3-10(9-11)13(19)6-8-18-7-2-5-12(13)18/h1,3-4,9,12,19H,2,5-8H2. The second kappa shape index (κ2) is 4.63. The molecule has 1 aromatic carbocycles. The van der Waals surface area contributed by atoms with E-state index in [-0.39, 0.29) is 11.8 Å². The van der Waals surface area contributed by atoms with Crippen LogP contribution in [0.1, 0.15) is 24.8 Å². The number of alkyl halides is 3. The minimum Gasteiger partial charge on any atom is -0.406 e. The van der Waals surface area contributed by atoms with Crippen molar-refractivity contribution in [2.75, 3.05) is 13.1 Å². The number of nitrogens with zero attached hydrogens (tertiary/aromatic N) is 1. The van der Waals surface area contributed by atoms with Crippen molar-refractivity contribution in [3.8, 4) is 5.75 Å². The SMILES string of the molecule is OC1(c2cccc(OC(F)(F)F)c2)CCN2CCCC21. The Balaban J connectivity index is 1.88. The molecular formula is C14H16F3NO2. The van der Waals surface area contributed by atoms with Gasteiger partial charge in [0, 0.05) is 12.6 Å². The second-order valence-electron chi connectivity index (χ2n) is 5.44. The molecular weight excluding hydrogens is 271 g/mol. The van der Waals surface area contributed by atoms with E-state index in [9.17, 15) is 18.3 Å². The molecule has 6 heteroatoms. The topological polar surface area (TPSA) is 32.7 Å². The monoisotopic (exact) mass is 287 g/mol. The van der Waals surface area contributed by atoms with E-state index in [1.807, 2.05) is 0 Å². The molecule has 20 heavy (non-hydrogen) atoms. The first kappa shape index (κ1) is 13.7. The molecule has 2 aliphatic rings. The van der Waals surface area contributed by atoms with Gasteiger partial charge in [-0.15, -0.1) is 13.2 Å². The third kappa shape index (κ3) is 2.38. The molecule has 2 saturated heterocycles. The number of hydrogen-bond acceptors (Lipinski definition) is 3. The van der Waals surface area contributed by atoms with Gasteiger partial charge in [0.2, 0.25) is 0 Å². The van der Waals surface area contributed by atoms with E-state index >= 15 is 0 Å². The minimum atomic E-state index is -4.71. The highest BCUT2D eigenvalue weighted by Crippen LogP contribution is 2.43. The van der Waals surface area contributed by atoms with Crippen molar-refractivity contribution in [1.82, 2.24) is 4.90 Å². The molecule has 110 valence electrons. The number of benzene rings is 1. The largest absolute Gasteiger partial charge is 0.573 e. The van der Waals surface area contributed by atoms with Crippen LogP contribution in [-0.4, -0.2) is 35.5 Å². The molecule has 1 N–H and O–H groups in total. The first-order valence-corrected chi connectivity index (χ1v) is 6.71. The second-order valence-corrected chi connectivity index (χ2v) is 5.44. The first-order chi connectivity index (χ1) is 9.38. The molecule has 3 nitrogen and oxygen atoms in total. The molecule has 1 aromatic rings. The number of rotatable bonds is 2. The highest BCUT2D eigenvalue weighted by atomic mass is 19.4. The molecule has 0 aromatic heterocycles. The summed E-state index contributed by atoms with van der Waals surface area (Å²) in [4.78, 5) is 2.21. The Morgan fingerprint density at radius 1 is 1.30 bits per heavy atom. The van der Waals surface area contributed by atoms with Crippen LogP contribution in [0.25, 0.3) is 0 Å². The van der Waals surface area contributed by atoms with E-state index in [1.54, 1.807) is 6.07 Å². The zero-order chi connectivity index (χ0) is 14.4. The Hall–Kier alpha value is -1.27. The van der Waals surface area contributed by atoms with Crippen LogP contribution >= 0.6 is 0 Å². The van der Waals surface area contributed by atoms with E-state index in [4.69, 9.17) is 0 Å². The molecule has 2 unspecified atom stereocenters. The fourth-order valence-electron chi connectivity index (χ4n) is 3.41. The summed E-state index contributed by atoms with van der Waals surface area (Å²) < 4.78 is 40.7. The van der Waals surface area contributed by atoms with E-state index in [0.717, 1.165) is 25.9 Å². The average molecular weight is 287 g/mol. The van der Waals surface area contributed by atoms with E-state index < -0.39 is 12.0 Å². The smallest absolute Gasteiger partial charge is 0.406 e. The molecule has 0 amide bonds. The third-order valence-corrected chi connectivity index (χ3v) is 4.26. The lowest BCUT2D eigenvalue weighted by Gasteiger charge is -2.30. The zero-order valence-corrected chi connectivity index (χ0v) is 10.9. The van der Waals surface area contributed by atoms with Crippen molar-refractivity contribution >= 4 is 0 Å². The van der Waals surface area contributed by atoms with Crippen LogP contribution in [-0.2, 0) is 5.60 Å². The summed E-state index contributed by atoms with van der Waals surface area (Å²) in [5.74, 6) is -0.278. The van der Waals surface area contributed by atoms with Gasteiger partial charge in [0.15, 0.2) is 0 Å². The predicted octanol–water partition coefficient (Wildman–Crippen LogP) is 2.64. The fourth-order valence-corrected chi connectivity index (χ4v) is 3.41. The predicted molar refractivity (Wildman–Crippen MR) is 66.2 cm³/mol. The fraction of sp³-hybridized carbons (Fsp3) is 0.571. The van der Waals surface area contributed by atoms with Gasteiger partial charge in [0.1, 0.15) is 11.4 Å². The Morgan fingerprint density at radius 3 is 2.85 bits per heavy atom. The Bertz CT molecular complexity index is 505. The van der Waals surface area contributed by atoms with Crippen LogP contribution in [0, 0.1) is 0 Å². The van der Waals surface area contributed by atoms with Crippen molar-refractivity contribution in [3.63, 3.8) is 0 Å². The summed E-state index contributed by atoms with van der Waals surface area (Å²) in [6, 6.07) is 5.72. The number of ether oxygens (including phenoxy) is 1. The molecule has 0 bridgehead atoms. The molecule has 2 aliphatic heterocycles. The summed E-state index contributed by atoms with van der Waals surface area (Å²) in [6.45, 7) is 1.73. The van der Waals surface area contributed by atoms with Crippen molar-refractivity contribution in [3.05, 3.63) is 29.8 Å². The van der Waals surface area contributed by atoms with Gasteiger partial charge < -0.3 is 9.84 Å². The summed E-state index contributed by atoms with van der Waals surface area (Å²) in [5.41, 5.74) is -0.560. The minimum absolute atomic E-state index is 0.00337. The van der Waals surface area contributed by atoms with Gasteiger partial charge in [-0.25, -0.2) is 0 Å². The summed E-state index contributed by atoms with van der Waals surface area (Å²) in [7, 11) is 0. The lowest BCUT2D eigenvalue weighted by atomic mass is 9.85. The van der Waals surface area contributed by atoms with Gasteiger partial charge in [-0.2, -0.15) is 0 Å². The van der Waals surface area contributed by atoms with Crippen molar-refractivity contribution in [2.45, 2.75) is 37.3 Å². The van der Waals surface area contributed by atoms with Gasteiger partial charge in [0.05, 0.1) is 0 Å². The molecule has 2 heterocycles. The lowest BCUT2D eigenvalue weighted by Crippen LogP contribution is -2.38. The molecule has 0 aliphatic carbocycles. The van der Waals surface area contributed by atoms with Gasteiger partial charge in [0.25, 0.3) is 0 Å². The maximum Gasteiger partial charge on any atom is 0.573 e. The summed E-state index contributed by atoms with van der Waals surface area (Å²) >= 11 is 0. The average Bonchev–Trinajstić information content (AvgIpc) is 2.93. The molecule has 3 rings (SSSR count). The van der Waals surface area contributed by atoms with Crippen LogP contribution in [0.3, 0.4) is 0 Å². The van der Waals surface area contributed by atoms with E-state index in [1.165, 1.54) is 18.2 Å². The highest BCUT2D eigenvalue weighted by molar-refractivity contribution is 5.35. The number of hydrogen-bond donors (Lipinski definition) is 1. The van der Waals surface area contributed by atoms with Crippen molar-refractivity contribution in [1.29, 1.82) is 0 Å². The quantitative estimate of drug-likeness (QED) is 0.907. The van der Waals surface area contributed by atoms with Crippen molar-refractivity contribution in [2.24, 2.45) is 0 Å². The van der Waals surface area contributed by atoms with Crippen molar-refractivity contribution < 1.29 is 23.0 Å². The Morgan fingerprint density at radius 2 is 2.10 bits per heavy atom. The van der Waals surface area contributed by atoms with Crippen LogP contribution in [0.2, 0.25) is 0 Å². The lowest BCUT2D eigenvalue weighted by molar-refractivity contribution is -0.274. The Labute approximate surface area is 115 Å². The van der Waals surface area contributed by atoms with Gasteiger partial charge in [-0.3, -0.25) is 4.90 Å². The Kier molecular flexibility index (Phi) is 3.17. The van der Waals surface area contributed by atoms with Crippen LogP contribution in [0.5, 0.6) is 5.75 Å². The summed E-state index contributed by atoms with van der Waals surface area (Å²) in [6.07, 6.45) is -2.27. The molecule has 0 spiro atoms. The van der Waals surface area contributed by atoms with Crippen LogP contribution < -0.4 is 4.74 Å². The highest BCUT2D eigenvalue weighted by Gasteiger charge is 2.49. The maximum atomic E-state index is 12.3. The normalized spacial score (nSPS) is 30.5. The van der Waals surface area contributed by atoms with Gasteiger partial charge in [-0.05, 0) is 43.5 Å². The number of halogens is 3. The zero-order valence-electron chi connectivity index (χ0n) is 10.9. The summed E-state index contributed by atoms with van der Waals surface area (Å²) in [5, 5.41) is 10.9. The van der Waals surface area contributed by atoms with Crippen LogP contribution in [0.15, 0.2) is 24.3 Å². The van der Waals surface area contributed by atoms with E-state index in [0.29, 0.717) is 12.0 Å². The number of fused-ring (bicyclic) bond motifs is 1. The van der Waals surface area contributed by atoms with Gasteiger partial charge >= 0.3 is 6.36 Å². The molecule has 0 radical (unpaired) electrons. The van der Waals surface area contributed by atoms with Crippen LogP contribution in [0.4, 0.5) is 13.2 Å². The van der Waals surface area contributed by atoms with E-state index in [2.05, 4.69) is 9.64 Å².